The maximum Gasteiger partial charge on any atom is 0.416 e. The van der Waals surface area contributed by atoms with Gasteiger partial charge in [0.05, 0.1) is 18.7 Å². The zero-order valence-electron chi connectivity index (χ0n) is 18.0. The molecular weight excluding hydrogens is 540 g/mol. The molecule has 32 heavy (non-hydrogen) atoms. The summed E-state index contributed by atoms with van der Waals surface area (Å²) in [5.74, 6) is 2.67. The maximum atomic E-state index is 12.6. The quantitative estimate of drug-likeness (QED) is 0.221. The molecule has 1 unspecified atom stereocenters. The standard InChI is InChI=1S/C20H27F3N6O2.HI/c1-3-24-19(25-10-11-31-16-7-4-14(5-8-16)20(21,22)23)26-15-6-9-18-27-17(13-30-2)28-29(18)12-15;/h4-5,7-8,15H,3,6,9-13H2,1-2H3,(H2,24,25,26);1H. The van der Waals surface area contributed by atoms with Crippen LogP contribution in [0, 0.1) is 0 Å². The Bertz CT molecular complexity index is 873. The maximum absolute atomic E-state index is 12.6. The molecule has 2 N–H and O–H groups in total. The molecule has 1 aromatic carbocycles. The van der Waals surface area contributed by atoms with Gasteiger partial charge in [0.15, 0.2) is 11.8 Å². The summed E-state index contributed by atoms with van der Waals surface area (Å²) in [6.45, 7) is 4.35. The first-order valence-electron chi connectivity index (χ1n) is 10.2. The number of aliphatic imine (C=N–C) groups is 1. The van der Waals surface area contributed by atoms with Crippen molar-refractivity contribution in [3.8, 4) is 5.75 Å². The molecule has 1 aromatic heterocycles. The zero-order valence-corrected chi connectivity index (χ0v) is 20.3. The molecule has 1 aliphatic heterocycles. The third-order valence-electron chi connectivity index (χ3n) is 4.67. The number of nitrogens with one attached hydrogen (secondary N) is 2. The summed E-state index contributed by atoms with van der Waals surface area (Å²) < 4.78 is 50.3. The number of aromatic nitrogens is 3. The fourth-order valence-electron chi connectivity index (χ4n) is 3.24. The van der Waals surface area contributed by atoms with Crippen LogP contribution < -0.4 is 15.4 Å². The van der Waals surface area contributed by atoms with E-state index in [4.69, 9.17) is 9.47 Å². The van der Waals surface area contributed by atoms with E-state index in [-0.39, 0.29) is 36.6 Å². The molecule has 178 valence electrons. The smallest absolute Gasteiger partial charge is 0.416 e. The Hall–Kier alpha value is -2.09. The van der Waals surface area contributed by atoms with E-state index in [2.05, 4.69) is 25.7 Å². The highest BCUT2D eigenvalue weighted by atomic mass is 127. The summed E-state index contributed by atoms with van der Waals surface area (Å²) in [5.41, 5.74) is -0.700. The molecule has 0 saturated carbocycles. The fraction of sp³-hybridized carbons (Fsp3) is 0.550. The van der Waals surface area contributed by atoms with Crippen LogP contribution in [0.3, 0.4) is 0 Å². The average molecular weight is 568 g/mol. The van der Waals surface area contributed by atoms with E-state index >= 15 is 0 Å². The molecule has 0 aliphatic carbocycles. The number of guanidine groups is 1. The van der Waals surface area contributed by atoms with Gasteiger partial charge in [-0.1, -0.05) is 0 Å². The van der Waals surface area contributed by atoms with Crippen molar-refractivity contribution in [2.45, 2.75) is 45.1 Å². The van der Waals surface area contributed by atoms with Gasteiger partial charge in [-0.15, -0.1) is 24.0 Å². The molecule has 2 aromatic rings. The number of hydrogen-bond donors (Lipinski definition) is 2. The Balaban J connectivity index is 0.00000363. The van der Waals surface area contributed by atoms with Crippen LogP contribution in [0.4, 0.5) is 13.2 Å². The Kier molecular flexibility index (Phi) is 10.0. The van der Waals surface area contributed by atoms with Crippen LogP contribution >= 0.6 is 24.0 Å². The van der Waals surface area contributed by atoms with Crippen LogP contribution in [0.2, 0.25) is 0 Å². The molecule has 0 fully saturated rings. The van der Waals surface area contributed by atoms with Gasteiger partial charge in [-0.05, 0) is 37.6 Å². The van der Waals surface area contributed by atoms with Crippen molar-refractivity contribution in [3.05, 3.63) is 41.5 Å². The summed E-state index contributed by atoms with van der Waals surface area (Å²) in [5, 5.41) is 11.1. The predicted molar refractivity (Wildman–Crippen MR) is 124 cm³/mol. The van der Waals surface area contributed by atoms with Gasteiger partial charge >= 0.3 is 6.18 Å². The number of alkyl halides is 3. The molecule has 0 bridgehead atoms. The second-order valence-electron chi connectivity index (χ2n) is 7.07. The molecule has 3 rings (SSSR count). The Morgan fingerprint density at radius 2 is 2.03 bits per heavy atom. The van der Waals surface area contributed by atoms with Crippen molar-refractivity contribution in [1.29, 1.82) is 0 Å². The fourth-order valence-corrected chi connectivity index (χ4v) is 3.24. The lowest BCUT2D eigenvalue weighted by Crippen LogP contribution is -2.47. The SMILES string of the molecule is CCNC(=NCCOc1ccc(C(F)(F)F)cc1)NC1CCc2nc(COC)nn2C1.I. The van der Waals surface area contributed by atoms with Crippen LogP contribution in [0.25, 0.3) is 0 Å². The van der Waals surface area contributed by atoms with E-state index < -0.39 is 11.7 Å². The first kappa shape index (κ1) is 26.2. The van der Waals surface area contributed by atoms with Crippen molar-refractivity contribution in [3.63, 3.8) is 0 Å². The second-order valence-corrected chi connectivity index (χ2v) is 7.07. The first-order chi connectivity index (χ1) is 14.9. The van der Waals surface area contributed by atoms with E-state index in [9.17, 15) is 13.2 Å². The van der Waals surface area contributed by atoms with Gasteiger partial charge in [0.1, 0.15) is 24.8 Å². The number of fused-ring (bicyclic) bond motifs is 1. The van der Waals surface area contributed by atoms with Crippen molar-refractivity contribution in [2.75, 3.05) is 26.8 Å². The van der Waals surface area contributed by atoms with Crippen LogP contribution in [-0.4, -0.2) is 53.6 Å². The minimum Gasteiger partial charge on any atom is -0.492 e. The minimum atomic E-state index is -4.35. The molecule has 0 spiro atoms. The van der Waals surface area contributed by atoms with Gasteiger partial charge < -0.3 is 20.1 Å². The summed E-state index contributed by atoms with van der Waals surface area (Å²) >= 11 is 0. The van der Waals surface area contributed by atoms with Crippen LogP contribution in [-0.2, 0) is 30.5 Å². The van der Waals surface area contributed by atoms with E-state index in [0.29, 0.717) is 43.8 Å². The average Bonchev–Trinajstić information content (AvgIpc) is 3.13. The van der Waals surface area contributed by atoms with Gasteiger partial charge in [0.25, 0.3) is 0 Å². The van der Waals surface area contributed by atoms with E-state index in [1.54, 1.807) is 7.11 Å². The number of rotatable bonds is 8. The third kappa shape index (κ3) is 7.50. The Labute approximate surface area is 202 Å². The lowest BCUT2D eigenvalue weighted by atomic mass is 10.1. The second kappa shape index (κ2) is 12.2. The van der Waals surface area contributed by atoms with Gasteiger partial charge in [-0.3, -0.25) is 0 Å². The monoisotopic (exact) mass is 568 g/mol. The normalized spacial score (nSPS) is 16.2. The van der Waals surface area contributed by atoms with Gasteiger partial charge in [-0.25, -0.2) is 14.7 Å². The summed E-state index contributed by atoms with van der Waals surface area (Å²) in [4.78, 5) is 8.97. The summed E-state index contributed by atoms with van der Waals surface area (Å²) in [6, 6.07) is 4.78. The van der Waals surface area contributed by atoms with E-state index in [1.165, 1.54) is 12.1 Å². The number of hydrogen-bond acceptors (Lipinski definition) is 5. The van der Waals surface area contributed by atoms with Gasteiger partial charge in [0.2, 0.25) is 0 Å². The number of ether oxygens (including phenoxy) is 2. The highest BCUT2D eigenvalue weighted by Gasteiger charge is 2.30. The minimum absolute atomic E-state index is 0. The van der Waals surface area contributed by atoms with E-state index in [0.717, 1.165) is 30.8 Å². The molecule has 1 atom stereocenters. The van der Waals surface area contributed by atoms with Crippen molar-refractivity contribution in [2.24, 2.45) is 4.99 Å². The Morgan fingerprint density at radius 1 is 1.28 bits per heavy atom. The van der Waals surface area contributed by atoms with Crippen molar-refractivity contribution in [1.82, 2.24) is 25.4 Å². The number of aryl methyl sites for hydroxylation is 1. The topological polar surface area (TPSA) is 85.6 Å². The number of methoxy groups -OCH3 is 1. The molecule has 0 amide bonds. The zero-order chi connectivity index (χ0) is 22.3. The largest absolute Gasteiger partial charge is 0.492 e. The van der Waals surface area contributed by atoms with Crippen LogP contribution in [0.15, 0.2) is 29.3 Å². The van der Waals surface area contributed by atoms with E-state index in [1.807, 2.05) is 11.6 Å². The third-order valence-corrected chi connectivity index (χ3v) is 4.67. The molecule has 2 heterocycles. The summed E-state index contributed by atoms with van der Waals surface area (Å²) in [7, 11) is 1.62. The van der Waals surface area contributed by atoms with Crippen molar-refractivity contribution >= 4 is 29.9 Å². The molecule has 0 radical (unpaired) electrons. The number of nitrogens with zero attached hydrogens (tertiary/aromatic N) is 4. The lowest BCUT2D eigenvalue weighted by molar-refractivity contribution is -0.137. The highest BCUT2D eigenvalue weighted by molar-refractivity contribution is 14.0. The van der Waals surface area contributed by atoms with Crippen LogP contribution in [0.1, 0.15) is 30.6 Å². The predicted octanol–water partition coefficient (Wildman–Crippen LogP) is 3.01. The summed E-state index contributed by atoms with van der Waals surface area (Å²) in [6.07, 6.45) is -2.64. The molecular formula is C20H28F3IN6O2. The molecule has 0 saturated heterocycles. The molecule has 12 heteroatoms. The van der Waals surface area contributed by atoms with Crippen LogP contribution in [0.5, 0.6) is 5.75 Å². The highest BCUT2D eigenvalue weighted by Crippen LogP contribution is 2.30. The Morgan fingerprint density at radius 3 is 2.69 bits per heavy atom. The lowest BCUT2D eigenvalue weighted by Gasteiger charge is -2.25. The number of benzene rings is 1. The molecule has 8 nitrogen and oxygen atoms in total. The van der Waals surface area contributed by atoms with Crippen molar-refractivity contribution < 1.29 is 22.6 Å². The van der Waals surface area contributed by atoms with Gasteiger partial charge in [-0.2, -0.15) is 18.3 Å². The van der Waals surface area contributed by atoms with Gasteiger partial charge in [0, 0.05) is 26.1 Å². The molecule has 1 aliphatic rings. The first-order valence-corrected chi connectivity index (χ1v) is 10.2. The number of halogens is 4.